The summed E-state index contributed by atoms with van der Waals surface area (Å²) in [4.78, 5) is 30.7. The number of benzene rings is 2. The van der Waals surface area contributed by atoms with Crippen molar-refractivity contribution in [1.29, 1.82) is 0 Å². The third-order valence-electron chi connectivity index (χ3n) is 4.06. The van der Waals surface area contributed by atoms with Crippen LogP contribution in [0.1, 0.15) is 31.0 Å². The van der Waals surface area contributed by atoms with Crippen molar-refractivity contribution in [3.05, 3.63) is 59.7 Å². The number of hydrazine groups is 1. The maximum Gasteiger partial charge on any atom is 0.366 e. The Labute approximate surface area is 158 Å². The highest BCUT2D eigenvalue weighted by atomic mass is 16.7. The zero-order valence-electron chi connectivity index (χ0n) is 15.8. The minimum atomic E-state index is -0.631. The van der Waals surface area contributed by atoms with Gasteiger partial charge in [-0.1, -0.05) is 50.2 Å². The van der Waals surface area contributed by atoms with Gasteiger partial charge in [0.2, 0.25) is 0 Å². The van der Waals surface area contributed by atoms with Gasteiger partial charge in [-0.25, -0.2) is 14.6 Å². The van der Waals surface area contributed by atoms with Crippen LogP contribution in [0, 0.1) is 5.92 Å². The number of urea groups is 1. The number of hydrogen-bond donors (Lipinski definition) is 1. The lowest BCUT2D eigenvalue weighted by atomic mass is 9.94. The second kappa shape index (κ2) is 7.67. The summed E-state index contributed by atoms with van der Waals surface area (Å²) in [5.41, 5.74) is 4.12. The molecule has 3 rings (SSSR count). The highest BCUT2D eigenvalue weighted by Crippen LogP contribution is 2.45. The number of ether oxygens (including phenoxy) is 1. The lowest BCUT2D eigenvalue weighted by Gasteiger charge is -2.35. The topological polar surface area (TPSA) is 71.1 Å². The van der Waals surface area contributed by atoms with E-state index in [1.807, 2.05) is 48.5 Å². The summed E-state index contributed by atoms with van der Waals surface area (Å²) in [5.74, 6) is 0.351. The SMILES string of the molecule is CC(C)C(=O)ON(C(=O)NN(C)C)C1c2ccccc2Oc2ccccc21. The normalized spacial score (nSPS) is 12.8. The smallest absolute Gasteiger partial charge is 0.366 e. The molecule has 1 aliphatic heterocycles. The standard InChI is InChI=1S/C20H23N3O4/c1-13(2)19(24)27-23(20(25)21-22(3)4)18-14-9-5-7-11-16(14)26-17-12-8-6-10-15(17)18/h5-13,18H,1-4H3,(H,21,25). The van der Waals surface area contributed by atoms with Gasteiger partial charge in [0.1, 0.15) is 17.5 Å². The van der Waals surface area contributed by atoms with Crippen LogP contribution in [0.4, 0.5) is 4.79 Å². The maximum atomic E-state index is 12.9. The van der Waals surface area contributed by atoms with Gasteiger partial charge in [-0.05, 0) is 12.1 Å². The molecule has 1 aliphatic rings. The van der Waals surface area contributed by atoms with Crippen LogP contribution in [0.25, 0.3) is 0 Å². The Hall–Kier alpha value is -3.06. The van der Waals surface area contributed by atoms with Gasteiger partial charge in [-0.3, -0.25) is 5.43 Å². The van der Waals surface area contributed by atoms with E-state index >= 15 is 0 Å². The van der Waals surface area contributed by atoms with E-state index in [2.05, 4.69) is 5.43 Å². The molecule has 2 amide bonds. The summed E-state index contributed by atoms with van der Waals surface area (Å²) in [6.07, 6.45) is 0. The summed E-state index contributed by atoms with van der Waals surface area (Å²) in [6, 6.07) is 13.6. The zero-order chi connectivity index (χ0) is 19.6. The number of rotatable bonds is 3. The Morgan fingerprint density at radius 1 is 1.00 bits per heavy atom. The minimum Gasteiger partial charge on any atom is -0.457 e. The largest absolute Gasteiger partial charge is 0.457 e. The van der Waals surface area contributed by atoms with Gasteiger partial charge in [0.25, 0.3) is 0 Å². The molecule has 0 unspecified atom stereocenters. The predicted octanol–water partition coefficient (Wildman–Crippen LogP) is 3.48. The molecule has 0 spiro atoms. The molecule has 0 fully saturated rings. The molecular formula is C20H23N3O4. The van der Waals surface area contributed by atoms with Crippen LogP contribution >= 0.6 is 0 Å². The molecule has 0 aromatic heterocycles. The summed E-state index contributed by atoms with van der Waals surface area (Å²) in [6.45, 7) is 3.44. The average molecular weight is 369 g/mol. The van der Waals surface area contributed by atoms with E-state index in [9.17, 15) is 9.59 Å². The van der Waals surface area contributed by atoms with Crippen molar-refractivity contribution in [3.63, 3.8) is 0 Å². The van der Waals surface area contributed by atoms with Crippen molar-refractivity contribution in [2.45, 2.75) is 19.9 Å². The van der Waals surface area contributed by atoms with Crippen molar-refractivity contribution in [1.82, 2.24) is 15.5 Å². The molecule has 2 aromatic rings. The summed E-state index contributed by atoms with van der Waals surface area (Å²) in [7, 11) is 3.37. The molecule has 0 bridgehead atoms. The van der Waals surface area contributed by atoms with E-state index in [-0.39, 0.29) is 5.92 Å². The third kappa shape index (κ3) is 3.88. The van der Waals surface area contributed by atoms with Gasteiger partial charge in [0, 0.05) is 25.2 Å². The first-order chi connectivity index (χ1) is 12.9. The fourth-order valence-corrected chi connectivity index (χ4v) is 2.79. The fraction of sp³-hybridized carbons (Fsp3) is 0.300. The van der Waals surface area contributed by atoms with Crippen LogP contribution in [-0.4, -0.2) is 36.2 Å². The quantitative estimate of drug-likeness (QED) is 0.839. The number of hydroxylamine groups is 2. The molecule has 0 atom stereocenters. The highest BCUT2D eigenvalue weighted by molar-refractivity contribution is 5.78. The molecule has 0 radical (unpaired) electrons. The van der Waals surface area contributed by atoms with Crippen LogP contribution in [-0.2, 0) is 9.63 Å². The Kier molecular flexibility index (Phi) is 5.32. The van der Waals surface area contributed by atoms with Crippen LogP contribution in [0.2, 0.25) is 0 Å². The Balaban J connectivity index is 2.10. The zero-order valence-corrected chi connectivity index (χ0v) is 15.8. The summed E-state index contributed by atoms with van der Waals surface area (Å²) >= 11 is 0. The molecule has 7 heteroatoms. The van der Waals surface area contributed by atoms with Crippen LogP contribution in [0.15, 0.2) is 48.5 Å². The Morgan fingerprint density at radius 3 is 2.00 bits per heavy atom. The van der Waals surface area contributed by atoms with E-state index in [1.165, 1.54) is 5.01 Å². The van der Waals surface area contributed by atoms with E-state index in [0.717, 1.165) is 16.2 Å². The number of amides is 2. The van der Waals surface area contributed by atoms with Gasteiger partial charge >= 0.3 is 12.0 Å². The molecule has 0 saturated heterocycles. The number of fused-ring (bicyclic) bond motifs is 2. The number of carbonyl (C=O) groups excluding carboxylic acids is 2. The molecule has 7 nitrogen and oxygen atoms in total. The fourth-order valence-electron chi connectivity index (χ4n) is 2.79. The number of carbonyl (C=O) groups is 2. The first kappa shape index (κ1) is 18.7. The summed E-state index contributed by atoms with van der Waals surface area (Å²) < 4.78 is 5.96. The van der Waals surface area contributed by atoms with Crippen LogP contribution < -0.4 is 10.2 Å². The monoisotopic (exact) mass is 369 g/mol. The van der Waals surface area contributed by atoms with Crippen molar-refractivity contribution >= 4 is 12.0 Å². The third-order valence-corrected chi connectivity index (χ3v) is 4.06. The van der Waals surface area contributed by atoms with Gasteiger partial charge in [0.05, 0.1) is 5.92 Å². The molecule has 2 aromatic carbocycles. The number of nitrogens with zero attached hydrogens (tertiary/aromatic N) is 2. The van der Waals surface area contributed by atoms with Crippen LogP contribution in [0.3, 0.4) is 0 Å². The van der Waals surface area contributed by atoms with Gasteiger partial charge in [0.15, 0.2) is 0 Å². The molecule has 142 valence electrons. The molecule has 27 heavy (non-hydrogen) atoms. The molecule has 1 N–H and O–H groups in total. The second-order valence-electron chi connectivity index (χ2n) is 6.78. The van der Waals surface area contributed by atoms with Gasteiger partial charge in [-0.15, -0.1) is 5.06 Å². The average Bonchev–Trinajstić information content (AvgIpc) is 2.63. The van der Waals surface area contributed by atoms with Crippen molar-refractivity contribution in [2.75, 3.05) is 14.1 Å². The molecule has 0 saturated carbocycles. The van der Waals surface area contributed by atoms with Crippen LogP contribution in [0.5, 0.6) is 11.5 Å². The number of para-hydroxylation sites is 2. The van der Waals surface area contributed by atoms with E-state index in [1.54, 1.807) is 27.9 Å². The van der Waals surface area contributed by atoms with Crippen molar-refractivity contribution in [3.8, 4) is 11.5 Å². The maximum absolute atomic E-state index is 12.9. The number of hydrogen-bond acceptors (Lipinski definition) is 5. The van der Waals surface area contributed by atoms with E-state index in [4.69, 9.17) is 9.57 Å². The first-order valence-electron chi connectivity index (χ1n) is 8.73. The number of nitrogens with one attached hydrogen (secondary N) is 1. The van der Waals surface area contributed by atoms with Crippen molar-refractivity contribution < 1.29 is 19.2 Å². The van der Waals surface area contributed by atoms with E-state index < -0.39 is 18.0 Å². The lowest BCUT2D eigenvalue weighted by molar-refractivity contribution is -0.187. The summed E-state index contributed by atoms with van der Waals surface area (Å²) in [5, 5.41) is 2.58. The van der Waals surface area contributed by atoms with Gasteiger partial charge in [-0.2, -0.15) is 0 Å². The Bertz CT molecular complexity index is 805. The van der Waals surface area contributed by atoms with Crippen molar-refractivity contribution in [2.24, 2.45) is 5.92 Å². The molecule has 0 aliphatic carbocycles. The Morgan fingerprint density at radius 2 is 1.52 bits per heavy atom. The molecule has 1 heterocycles. The highest BCUT2D eigenvalue weighted by Gasteiger charge is 2.37. The second-order valence-corrected chi connectivity index (χ2v) is 6.78. The lowest BCUT2D eigenvalue weighted by Crippen LogP contribution is -2.49. The predicted molar refractivity (Wildman–Crippen MR) is 99.8 cm³/mol. The van der Waals surface area contributed by atoms with E-state index in [0.29, 0.717) is 11.5 Å². The molecular weight excluding hydrogens is 346 g/mol. The van der Waals surface area contributed by atoms with Gasteiger partial charge < -0.3 is 9.57 Å². The first-order valence-corrected chi connectivity index (χ1v) is 8.73. The minimum absolute atomic E-state index is 0.384.